The van der Waals surface area contributed by atoms with Gasteiger partial charge in [-0.05, 0) is 19.1 Å². The Kier molecular flexibility index (Phi) is 5.69. The van der Waals surface area contributed by atoms with Crippen molar-refractivity contribution >= 4 is 21.6 Å². The van der Waals surface area contributed by atoms with Gasteiger partial charge >= 0.3 is 5.97 Å². The van der Waals surface area contributed by atoms with Crippen LogP contribution in [0.25, 0.3) is 0 Å². The fourth-order valence-corrected chi connectivity index (χ4v) is 2.62. The van der Waals surface area contributed by atoms with E-state index in [1.54, 1.807) is 19.1 Å². The Bertz CT molecular complexity index is 591. The molecule has 0 aliphatic rings. The van der Waals surface area contributed by atoms with Gasteiger partial charge in [-0.15, -0.1) is 0 Å². The lowest BCUT2D eigenvalue weighted by atomic mass is 10.1. The summed E-state index contributed by atoms with van der Waals surface area (Å²) >= 11 is 0. The van der Waals surface area contributed by atoms with Crippen molar-refractivity contribution < 1.29 is 27.5 Å². The van der Waals surface area contributed by atoms with Crippen molar-refractivity contribution in [2.45, 2.75) is 6.92 Å². The molecule has 6 nitrogen and oxygen atoms in total. The Balaban J connectivity index is 2.76. The zero-order valence-electron chi connectivity index (χ0n) is 11.3. The van der Waals surface area contributed by atoms with Gasteiger partial charge in [0.05, 0.1) is 13.7 Å². The summed E-state index contributed by atoms with van der Waals surface area (Å²) in [5.41, 5.74) is 0.219. The number of hydrogen-bond acceptors (Lipinski definition) is 6. The molecule has 0 saturated carbocycles. The minimum absolute atomic E-state index is 0.0954. The van der Waals surface area contributed by atoms with Gasteiger partial charge in [0.25, 0.3) is 0 Å². The first-order chi connectivity index (χ1) is 9.38. The van der Waals surface area contributed by atoms with Crippen molar-refractivity contribution in [2.24, 2.45) is 0 Å². The molecule has 1 aromatic carbocycles. The Hall–Kier alpha value is -1.89. The highest BCUT2D eigenvalue weighted by atomic mass is 32.2. The van der Waals surface area contributed by atoms with Crippen molar-refractivity contribution in [2.75, 3.05) is 25.2 Å². The summed E-state index contributed by atoms with van der Waals surface area (Å²) in [6.45, 7) is 1.67. The first-order valence-electron chi connectivity index (χ1n) is 5.91. The van der Waals surface area contributed by atoms with Crippen molar-refractivity contribution in [3.63, 3.8) is 0 Å². The number of ketones is 1. The second-order valence-electron chi connectivity index (χ2n) is 3.99. The molecular formula is C13H16O6S. The molecule has 110 valence electrons. The van der Waals surface area contributed by atoms with Crippen LogP contribution in [0, 0.1) is 0 Å². The molecule has 1 aromatic rings. The molecule has 0 unspecified atom stereocenters. The first kappa shape index (κ1) is 16.2. The van der Waals surface area contributed by atoms with E-state index in [0.29, 0.717) is 5.75 Å². The molecule has 0 saturated heterocycles. The Morgan fingerprint density at radius 2 is 1.90 bits per heavy atom. The second-order valence-corrected chi connectivity index (χ2v) is 6.06. The number of sulfone groups is 1. The van der Waals surface area contributed by atoms with Gasteiger partial charge in [-0.3, -0.25) is 9.59 Å². The monoisotopic (exact) mass is 300 g/mol. The van der Waals surface area contributed by atoms with Crippen molar-refractivity contribution in [1.82, 2.24) is 0 Å². The van der Waals surface area contributed by atoms with Crippen LogP contribution < -0.4 is 4.74 Å². The minimum atomic E-state index is -3.83. The van der Waals surface area contributed by atoms with Crippen LogP contribution in [0.4, 0.5) is 0 Å². The lowest BCUT2D eigenvalue weighted by Gasteiger charge is -2.05. The van der Waals surface area contributed by atoms with Crippen LogP contribution in [0.15, 0.2) is 24.3 Å². The van der Waals surface area contributed by atoms with E-state index in [1.165, 1.54) is 19.2 Å². The van der Waals surface area contributed by atoms with Crippen LogP contribution in [0.1, 0.15) is 17.3 Å². The van der Waals surface area contributed by atoms with Gasteiger partial charge in [-0.25, -0.2) is 8.42 Å². The number of ether oxygens (including phenoxy) is 2. The van der Waals surface area contributed by atoms with Gasteiger partial charge < -0.3 is 9.47 Å². The van der Waals surface area contributed by atoms with Crippen molar-refractivity contribution in [3.05, 3.63) is 29.8 Å². The molecular weight excluding hydrogens is 284 g/mol. The summed E-state index contributed by atoms with van der Waals surface area (Å²) in [4.78, 5) is 23.0. The molecule has 0 heterocycles. The molecule has 1 rings (SSSR count). The first-order valence-corrected chi connectivity index (χ1v) is 7.73. The van der Waals surface area contributed by atoms with Gasteiger partial charge in [-0.2, -0.15) is 0 Å². The normalized spacial score (nSPS) is 10.9. The molecule has 0 N–H and O–H groups in total. The number of esters is 1. The van der Waals surface area contributed by atoms with Crippen LogP contribution in [-0.2, 0) is 19.4 Å². The summed E-state index contributed by atoms with van der Waals surface area (Å²) in [6.07, 6.45) is 0. The quantitative estimate of drug-likeness (QED) is 0.548. The summed E-state index contributed by atoms with van der Waals surface area (Å²) in [5, 5.41) is 0. The molecule has 0 spiro atoms. The van der Waals surface area contributed by atoms with Crippen LogP contribution in [0.3, 0.4) is 0 Å². The van der Waals surface area contributed by atoms with Crippen LogP contribution in [0.2, 0.25) is 0 Å². The Morgan fingerprint density at radius 3 is 2.50 bits per heavy atom. The van der Waals surface area contributed by atoms with Crippen molar-refractivity contribution in [1.29, 1.82) is 0 Å². The zero-order valence-corrected chi connectivity index (χ0v) is 12.1. The average Bonchev–Trinajstić information content (AvgIpc) is 2.37. The number of carbonyl (C=O) groups excluding carboxylic acids is 2. The Morgan fingerprint density at radius 1 is 1.20 bits per heavy atom. The van der Waals surface area contributed by atoms with Crippen molar-refractivity contribution in [3.8, 4) is 5.75 Å². The molecule has 0 fully saturated rings. The number of carbonyl (C=O) groups is 2. The maximum Gasteiger partial charge on any atom is 0.321 e. The van der Waals surface area contributed by atoms with E-state index in [1.807, 2.05) is 0 Å². The smallest absolute Gasteiger partial charge is 0.321 e. The predicted molar refractivity (Wildman–Crippen MR) is 72.6 cm³/mol. The fraction of sp³-hybridized carbons (Fsp3) is 0.385. The standard InChI is InChI=1S/C13H16O6S/c1-3-19-13(15)9-20(16,17)8-12(14)10-5-4-6-11(7-10)18-2/h4-7H,3,8-9H2,1-2H3. The third kappa shape index (κ3) is 5.00. The third-order valence-corrected chi connectivity index (χ3v) is 3.76. The van der Waals surface area contributed by atoms with E-state index >= 15 is 0 Å². The lowest BCUT2D eigenvalue weighted by Crippen LogP contribution is -2.25. The highest BCUT2D eigenvalue weighted by Gasteiger charge is 2.22. The fourth-order valence-electron chi connectivity index (χ4n) is 1.51. The second kappa shape index (κ2) is 7.04. The SMILES string of the molecule is CCOC(=O)CS(=O)(=O)CC(=O)c1cccc(OC)c1. The largest absolute Gasteiger partial charge is 0.497 e. The van der Waals surface area contributed by atoms with Gasteiger partial charge in [0.2, 0.25) is 0 Å². The molecule has 0 atom stereocenters. The molecule has 7 heteroatoms. The van der Waals surface area contributed by atoms with E-state index in [-0.39, 0.29) is 12.2 Å². The maximum absolute atomic E-state index is 11.9. The summed E-state index contributed by atoms with van der Waals surface area (Å²) in [7, 11) is -2.39. The highest BCUT2D eigenvalue weighted by Crippen LogP contribution is 2.13. The topological polar surface area (TPSA) is 86.7 Å². The molecule has 20 heavy (non-hydrogen) atoms. The average molecular weight is 300 g/mol. The number of methoxy groups -OCH3 is 1. The number of Topliss-reactive ketones (excluding diaryl/α,β-unsaturated/α-hetero) is 1. The highest BCUT2D eigenvalue weighted by molar-refractivity contribution is 7.92. The van der Waals surface area contributed by atoms with Crippen LogP contribution >= 0.6 is 0 Å². The summed E-state index contributed by atoms with van der Waals surface area (Å²) in [5.74, 6) is -2.52. The Labute approximate surface area is 117 Å². The minimum Gasteiger partial charge on any atom is -0.497 e. The van der Waals surface area contributed by atoms with E-state index in [0.717, 1.165) is 0 Å². The predicted octanol–water partition coefficient (Wildman–Crippen LogP) is 0.856. The van der Waals surface area contributed by atoms with E-state index < -0.39 is 33.1 Å². The number of benzene rings is 1. The van der Waals surface area contributed by atoms with Crippen LogP contribution in [-0.4, -0.2) is 45.4 Å². The van der Waals surface area contributed by atoms with E-state index in [9.17, 15) is 18.0 Å². The number of hydrogen-bond donors (Lipinski definition) is 0. The van der Waals surface area contributed by atoms with E-state index in [4.69, 9.17) is 4.74 Å². The molecule has 0 bridgehead atoms. The van der Waals surface area contributed by atoms with Gasteiger partial charge in [0, 0.05) is 5.56 Å². The third-order valence-electron chi connectivity index (χ3n) is 2.39. The number of rotatable bonds is 7. The zero-order chi connectivity index (χ0) is 15.2. The molecule has 0 aliphatic carbocycles. The van der Waals surface area contributed by atoms with Crippen LogP contribution in [0.5, 0.6) is 5.75 Å². The summed E-state index contributed by atoms with van der Waals surface area (Å²) < 4.78 is 32.9. The van der Waals surface area contributed by atoms with Gasteiger partial charge in [0.1, 0.15) is 17.3 Å². The van der Waals surface area contributed by atoms with E-state index in [2.05, 4.69) is 4.74 Å². The maximum atomic E-state index is 11.9. The molecule has 0 amide bonds. The summed E-state index contributed by atoms with van der Waals surface area (Å²) in [6, 6.07) is 6.17. The lowest BCUT2D eigenvalue weighted by molar-refractivity contribution is -0.139. The van der Waals surface area contributed by atoms with Gasteiger partial charge in [0.15, 0.2) is 15.6 Å². The molecule has 0 aromatic heterocycles. The molecule has 0 aliphatic heterocycles. The van der Waals surface area contributed by atoms with Gasteiger partial charge in [-0.1, -0.05) is 12.1 Å². The molecule has 0 radical (unpaired) electrons.